The van der Waals surface area contributed by atoms with Crippen LogP contribution in [-0.2, 0) is 0 Å². The number of rotatable bonds is 4. The third-order valence-corrected chi connectivity index (χ3v) is 3.96. The van der Waals surface area contributed by atoms with Crippen molar-refractivity contribution in [3.63, 3.8) is 0 Å². The molecule has 0 radical (unpaired) electrons. The molecule has 1 aliphatic rings. The first-order chi connectivity index (χ1) is 10.2. The Balaban J connectivity index is 2.22. The fourth-order valence-corrected chi connectivity index (χ4v) is 2.82. The van der Waals surface area contributed by atoms with Crippen molar-refractivity contribution in [3.05, 3.63) is 29.3 Å². The van der Waals surface area contributed by atoms with Gasteiger partial charge in [-0.15, -0.1) is 0 Å². The second-order valence-corrected chi connectivity index (χ2v) is 5.47. The van der Waals surface area contributed by atoms with Gasteiger partial charge in [-0.2, -0.15) is 5.26 Å². The Kier molecular flexibility index (Phi) is 5.57. The predicted molar refractivity (Wildman–Crippen MR) is 82.1 cm³/mol. The van der Waals surface area contributed by atoms with Crippen LogP contribution in [0.15, 0.2) is 18.2 Å². The van der Waals surface area contributed by atoms with E-state index in [1.165, 1.54) is 0 Å². The highest BCUT2D eigenvalue weighted by molar-refractivity contribution is 5.58. The number of benzene rings is 1. The van der Waals surface area contributed by atoms with Crippen LogP contribution in [0.5, 0.6) is 0 Å². The van der Waals surface area contributed by atoms with E-state index in [-0.39, 0.29) is 6.61 Å². The second-order valence-electron chi connectivity index (χ2n) is 5.47. The molecule has 0 aliphatic carbocycles. The standard InChI is InChI=1S/C16H23N3O2/c1-13(21)15-4-3-14(12-17)11-16(15)19-6-2-5-18(7-8-19)9-10-20/h3-4,11,13,20-21H,2,5-10H2,1H3/t13-/m1/s1. The molecule has 5 nitrogen and oxygen atoms in total. The van der Waals surface area contributed by atoms with Crippen molar-refractivity contribution in [1.29, 1.82) is 5.26 Å². The lowest BCUT2D eigenvalue weighted by molar-refractivity contribution is 0.199. The summed E-state index contributed by atoms with van der Waals surface area (Å²) in [5.74, 6) is 0. The van der Waals surface area contributed by atoms with Crippen molar-refractivity contribution in [2.45, 2.75) is 19.4 Å². The lowest BCUT2D eigenvalue weighted by atomic mass is 10.0. The number of aliphatic hydroxyl groups is 2. The molecule has 0 bridgehead atoms. The summed E-state index contributed by atoms with van der Waals surface area (Å²) in [6, 6.07) is 7.62. The van der Waals surface area contributed by atoms with Crippen molar-refractivity contribution in [2.75, 3.05) is 44.2 Å². The Morgan fingerprint density at radius 3 is 2.76 bits per heavy atom. The van der Waals surface area contributed by atoms with Gasteiger partial charge < -0.3 is 15.1 Å². The highest BCUT2D eigenvalue weighted by Crippen LogP contribution is 2.28. The van der Waals surface area contributed by atoms with Gasteiger partial charge in [0.15, 0.2) is 0 Å². The van der Waals surface area contributed by atoms with Gasteiger partial charge in [0.1, 0.15) is 0 Å². The minimum Gasteiger partial charge on any atom is -0.395 e. The molecule has 1 atom stereocenters. The molecule has 1 saturated heterocycles. The molecule has 0 aromatic heterocycles. The molecule has 0 spiro atoms. The number of aliphatic hydroxyl groups excluding tert-OH is 2. The van der Waals surface area contributed by atoms with Gasteiger partial charge in [0.25, 0.3) is 0 Å². The molecule has 0 amide bonds. The summed E-state index contributed by atoms with van der Waals surface area (Å²) < 4.78 is 0. The highest BCUT2D eigenvalue weighted by atomic mass is 16.3. The molecule has 2 N–H and O–H groups in total. The maximum absolute atomic E-state index is 9.95. The maximum Gasteiger partial charge on any atom is 0.0992 e. The van der Waals surface area contributed by atoms with Gasteiger partial charge in [0.2, 0.25) is 0 Å². The molecule has 0 unspecified atom stereocenters. The quantitative estimate of drug-likeness (QED) is 0.869. The lowest BCUT2D eigenvalue weighted by Gasteiger charge is -2.27. The van der Waals surface area contributed by atoms with E-state index < -0.39 is 6.10 Å². The maximum atomic E-state index is 9.95. The fourth-order valence-electron chi connectivity index (χ4n) is 2.82. The third kappa shape index (κ3) is 3.94. The molecular weight excluding hydrogens is 266 g/mol. The predicted octanol–water partition coefficient (Wildman–Crippen LogP) is 1.12. The van der Waals surface area contributed by atoms with Crippen LogP contribution in [0.3, 0.4) is 0 Å². The van der Waals surface area contributed by atoms with Crippen LogP contribution in [0.1, 0.15) is 30.6 Å². The highest BCUT2D eigenvalue weighted by Gasteiger charge is 2.19. The first-order valence-corrected chi connectivity index (χ1v) is 7.46. The molecule has 5 heteroatoms. The van der Waals surface area contributed by atoms with E-state index in [1.807, 2.05) is 12.1 Å². The van der Waals surface area contributed by atoms with Gasteiger partial charge in [-0.3, -0.25) is 4.90 Å². The van der Waals surface area contributed by atoms with E-state index in [9.17, 15) is 5.11 Å². The lowest BCUT2D eigenvalue weighted by Crippen LogP contribution is -2.32. The monoisotopic (exact) mass is 289 g/mol. The first kappa shape index (κ1) is 15.8. The van der Waals surface area contributed by atoms with Crippen molar-refractivity contribution < 1.29 is 10.2 Å². The largest absolute Gasteiger partial charge is 0.395 e. The van der Waals surface area contributed by atoms with Crippen LogP contribution < -0.4 is 4.90 Å². The minimum atomic E-state index is -0.551. The summed E-state index contributed by atoms with van der Waals surface area (Å²) in [7, 11) is 0. The normalized spacial score (nSPS) is 18.1. The molecule has 21 heavy (non-hydrogen) atoms. The fraction of sp³-hybridized carbons (Fsp3) is 0.562. The minimum absolute atomic E-state index is 0.183. The number of anilines is 1. The average molecular weight is 289 g/mol. The molecule has 1 aromatic carbocycles. The number of nitriles is 1. The average Bonchev–Trinajstić information content (AvgIpc) is 2.72. The molecule has 1 aromatic rings. The SMILES string of the molecule is C[C@@H](O)c1ccc(C#N)cc1N1CCCN(CCO)CC1. The Morgan fingerprint density at radius 1 is 1.29 bits per heavy atom. The number of hydrogen-bond donors (Lipinski definition) is 2. The van der Waals surface area contributed by atoms with E-state index in [4.69, 9.17) is 10.4 Å². The number of nitrogens with zero attached hydrogens (tertiary/aromatic N) is 3. The van der Waals surface area contributed by atoms with Crippen LogP contribution in [0.4, 0.5) is 5.69 Å². The molecule has 0 saturated carbocycles. The van der Waals surface area contributed by atoms with E-state index in [2.05, 4.69) is 15.9 Å². The van der Waals surface area contributed by atoms with Gasteiger partial charge in [-0.1, -0.05) is 6.07 Å². The zero-order valence-corrected chi connectivity index (χ0v) is 12.5. The van der Waals surface area contributed by atoms with Gasteiger partial charge in [-0.25, -0.2) is 0 Å². The summed E-state index contributed by atoms with van der Waals surface area (Å²) in [6.07, 6.45) is 0.459. The Morgan fingerprint density at radius 2 is 2.10 bits per heavy atom. The summed E-state index contributed by atoms with van der Waals surface area (Å²) in [4.78, 5) is 4.48. The van der Waals surface area contributed by atoms with Crippen molar-refractivity contribution in [3.8, 4) is 6.07 Å². The van der Waals surface area contributed by atoms with E-state index >= 15 is 0 Å². The van der Waals surface area contributed by atoms with Gasteiger partial charge >= 0.3 is 0 Å². The molecular formula is C16H23N3O2. The Hall–Kier alpha value is -1.61. The summed E-state index contributed by atoms with van der Waals surface area (Å²) in [5, 5.41) is 28.1. The van der Waals surface area contributed by atoms with Crippen molar-refractivity contribution in [2.24, 2.45) is 0 Å². The van der Waals surface area contributed by atoms with E-state index in [0.29, 0.717) is 12.1 Å². The summed E-state index contributed by atoms with van der Waals surface area (Å²) in [6.45, 7) is 6.24. The summed E-state index contributed by atoms with van der Waals surface area (Å²) in [5.41, 5.74) is 2.44. The van der Waals surface area contributed by atoms with Crippen LogP contribution >= 0.6 is 0 Å². The zero-order chi connectivity index (χ0) is 15.2. The first-order valence-electron chi connectivity index (χ1n) is 7.46. The molecule has 2 rings (SSSR count). The zero-order valence-electron chi connectivity index (χ0n) is 12.5. The Bertz CT molecular complexity index is 511. The number of hydrogen-bond acceptors (Lipinski definition) is 5. The van der Waals surface area contributed by atoms with Gasteiger partial charge in [0, 0.05) is 37.4 Å². The van der Waals surface area contributed by atoms with Crippen LogP contribution in [0, 0.1) is 11.3 Å². The van der Waals surface area contributed by atoms with Gasteiger partial charge in [0.05, 0.1) is 24.3 Å². The van der Waals surface area contributed by atoms with Crippen LogP contribution in [0.2, 0.25) is 0 Å². The van der Waals surface area contributed by atoms with Gasteiger partial charge in [-0.05, 0) is 32.0 Å². The number of β-amino-alcohol motifs (C(OH)–C–C–N with tert-alkyl or cyclic N) is 1. The van der Waals surface area contributed by atoms with Crippen LogP contribution in [-0.4, -0.2) is 54.4 Å². The summed E-state index contributed by atoms with van der Waals surface area (Å²) >= 11 is 0. The Labute approximate surface area is 126 Å². The topological polar surface area (TPSA) is 70.7 Å². The second kappa shape index (κ2) is 7.41. The molecule has 1 fully saturated rings. The van der Waals surface area contributed by atoms with Crippen LogP contribution in [0.25, 0.3) is 0 Å². The molecule has 1 aliphatic heterocycles. The smallest absolute Gasteiger partial charge is 0.0992 e. The van der Waals surface area contributed by atoms with E-state index in [0.717, 1.165) is 43.9 Å². The van der Waals surface area contributed by atoms with Crippen molar-refractivity contribution >= 4 is 5.69 Å². The molecule has 114 valence electrons. The van der Waals surface area contributed by atoms with Crippen molar-refractivity contribution in [1.82, 2.24) is 4.90 Å². The van der Waals surface area contributed by atoms with E-state index in [1.54, 1.807) is 13.0 Å². The molecule has 1 heterocycles. The third-order valence-electron chi connectivity index (χ3n) is 3.96.